The summed E-state index contributed by atoms with van der Waals surface area (Å²) in [6.45, 7) is 3.95. The van der Waals surface area contributed by atoms with Crippen molar-refractivity contribution in [1.82, 2.24) is 25.3 Å². The Morgan fingerprint density at radius 2 is 2.00 bits per heavy atom. The van der Waals surface area contributed by atoms with Gasteiger partial charge in [-0.1, -0.05) is 45.9 Å². The molecule has 0 aliphatic heterocycles. The summed E-state index contributed by atoms with van der Waals surface area (Å²) < 4.78 is 6.21. The van der Waals surface area contributed by atoms with Crippen molar-refractivity contribution in [3.8, 4) is 11.4 Å². The molecule has 28 heavy (non-hydrogen) atoms. The Morgan fingerprint density at radius 1 is 1.18 bits per heavy atom. The van der Waals surface area contributed by atoms with Crippen LogP contribution in [-0.2, 0) is 0 Å². The molecule has 0 amide bonds. The van der Waals surface area contributed by atoms with Crippen molar-refractivity contribution in [1.29, 1.82) is 0 Å². The third kappa shape index (κ3) is 4.16. The fourth-order valence-corrected chi connectivity index (χ4v) is 4.50. The van der Waals surface area contributed by atoms with Gasteiger partial charge in [0.15, 0.2) is 4.34 Å². The maximum atomic E-state index is 6.16. The van der Waals surface area contributed by atoms with Crippen LogP contribution in [0.2, 0.25) is 5.02 Å². The van der Waals surface area contributed by atoms with Gasteiger partial charge in [-0.2, -0.15) is 4.98 Å². The number of rotatable bonds is 6. The lowest BCUT2D eigenvalue weighted by atomic mass is 10.2. The summed E-state index contributed by atoms with van der Waals surface area (Å²) >= 11 is 9.14. The van der Waals surface area contributed by atoms with Crippen molar-refractivity contribution < 1.29 is 4.52 Å². The predicted octanol–water partition coefficient (Wildman–Crippen LogP) is 5.54. The third-order valence-corrected chi connectivity index (χ3v) is 6.34. The van der Waals surface area contributed by atoms with E-state index in [1.807, 2.05) is 44.2 Å². The molecule has 1 unspecified atom stereocenters. The molecule has 0 bridgehead atoms. The smallest absolute Gasteiger partial charge is 0.240 e. The molecule has 0 saturated carbocycles. The van der Waals surface area contributed by atoms with Crippen LogP contribution in [0, 0.1) is 6.92 Å². The van der Waals surface area contributed by atoms with Crippen LogP contribution < -0.4 is 5.32 Å². The van der Waals surface area contributed by atoms with Crippen molar-refractivity contribution in [2.24, 2.45) is 0 Å². The summed E-state index contributed by atoms with van der Waals surface area (Å²) in [5.41, 5.74) is 2.74. The monoisotopic (exact) mass is 430 g/mol. The van der Waals surface area contributed by atoms with Gasteiger partial charge < -0.3 is 9.84 Å². The summed E-state index contributed by atoms with van der Waals surface area (Å²) in [6.07, 6.45) is 3.39. The lowest BCUT2D eigenvalue weighted by Gasteiger charge is -2.07. The van der Waals surface area contributed by atoms with E-state index in [-0.39, 0.29) is 5.25 Å². The van der Waals surface area contributed by atoms with Gasteiger partial charge in [-0.05, 0) is 43.7 Å². The molecule has 0 saturated heterocycles. The minimum Gasteiger partial charge on any atom is -0.338 e. The zero-order valence-electron chi connectivity index (χ0n) is 15.0. The highest BCUT2D eigenvalue weighted by molar-refractivity contribution is 8.01. The second kappa shape index (κ2) is 8.26. The number of nitrogens with zero attached hydrogens (tertiary/aromatic N) is 5. The van der Waals surface area contributed by atoms with Gasteiger partial charge in [0.05, 0.1) is 5.25 Å². The number of hydrogen-bond acceptors (Lipinski definition) is 9. The highest BCUT2D eigenvalue weighted by Gasteiger charge is 2.19. The van der Waals surface area contributed by atoms with E-state index in [4.69, 9.17) is 16.1 Å². The molecule has 7 nitrogen and oxygen atoms in total. The van der Waals surface area contributed by atoms with E-state index >= 15 is 0 Å². The SMILES string of the molecule is Cc1c(Cl)cccc1Nc1nnc(SC(C)c2nc(-c3ccncc3)no2)s1. The van der Waals surface area contributed by atoms with Gasteiger partial charge in [0, 0.05) is 28.7 Å². The molecule has 1 N–H and O–H groups in total. The van der Waals surface area contributed by atoms with E-state index in [1.54, 1.807) is 12.4 Å². The third-order valence-electron chi connectivity index (χ3n) is 3.92. The van der Waals surface area contributed by atoms with Crippen LogP contribution in [0.4, 0.5) is 10.8 Å². The molecular formula is C18H15ClN6OS2. The fraction of sp³-hybridized carbons (Fsp3) is 0.167. The Hall–Kier alpha value is -2.49. The standard InChI is InChI=1S/C18H15ClN6OS2/c1-10-13(19)4-3-5-14(10)21-17-23-24-18(28-17)27-11(2)16-22-15(25-26-16)12-6-8-20-9-7-12/h3-9,11H,1-2H3,(H,21,23). The van der Waals surface area contributed by atoms with Crippen molar-refractivity contribution in [3.63, 3.8) is 0 Å². The lowest BCUT2D eigenvalue weighted by molar-refractivity contribution is 0.381. The molecule has 0 radical (unpaired) electrons. The zero-order chi connectivity index (χ0) is 19.5. The van der Waals surface area contributed by atoms with Gasteiger partial charge in [0.2, 0.25) is 16.8 Å². The molecule has 3 heterocycles. The van der Waals surface area contributed by atoms with E-state index in [1.165, 1.54) is 23.1 Å². The highest BCUT2D eigenvalue weighted by atomic mass is 35.5. The lowest BCUT2D eigenvalue weighted by Crippen LogP contribution is -1.92. The van der Waals surface area contributed by atoms with Crippen LogP contribution >= 0.6 is 34.7 Å². The summed E-state index contributed by atoms with van der Waals surface area (Å²) in [7, 11) is 0. The molecule has 1 atom stereocenters. The topological polar surface area (TPSA) is 89.6 Å². The molecule has 0 fully saturated rings. The number of nitrogens with one attached hydrogen (secondary N) is 1. The van der Waals surface area contributed by atoms with Crippen molar-refractivity contribution in [2.45, 2.75) is 23.4 Å². The van der Waals surface area contributed by atoms with Gasteiger partial charge >= 0.3 is 0 Å². The van der Waals surface area contributed by atoms with Crippen LogP contribution in [0.1, 0.15) is 23.6 Å². The molecule has 0 spiro atoms. The Morgan fingerprint density at radius 3 is 2.82 bits per heavy atom. The number of pyridine rings is 1. The first kappa shape index (κ1) is 18.9. The second-order valence-corrected chi connectivity index (χ2v) is 8.84. The van der Waals surface area contributed by atoms with Crippen LogP contribution in [0.25, 0.3) is 11.4 Å². The first-order valence-corrected chi connectivity index (χ1v) is 10.4. The summed E-state index contributed by atoms with van der Waals surface area (Å²) in [5.74, 6) is 1.08. The molecule has 0 aliphatic rings. The quantitative estimate of drug-likeness (QED) is 0.398. The Labute approximate surface area is 174 Å². The Bertz CT molecular complexity index is 1080. The fourth-order valence-electron chi connectivity index (χ4n) is 2.39. The van der Waals surface area contributed by atoms with E-state index in [2.05, 4.69) is 30.6 Å². The maximum Gasteiger partial charge on any atom is 0.240 e. The highest BCUT2D eigenvalue weighted by Crippen LogP contribution is 2.38. The predicted molar refractivity (Wildman–Crippen MR) is 111 cm³/mol. The van der Waals surface area contributed by atoms with Gasteiger partial charge in [-0.3, -0.25) is 4.98 Å². The molecule has 3 aromatic heterocycles. The van der Waals surface area contributed by atoms with Crippen molar-refractivity contribution in [3.05, 3.63) is 59.2 Å². The normalized spacial score (nSPS) is 12.1. The number of halogens is 1. The van der Waals surface area contributed by atoms with E-state index in [0.717, 1.165) is 21.2 Å². The van der Waals surface area contributed by atoms with Crippen molar-refractivity contribution >= 4 is 45.5 Å². The van der Waals surface area contributed by atoms with Crippen LogP contribution in [-0.4, -0.2) is 25.3 Å². The number of thioether (sulfide) groups is 1. The first-order valence-electron chi connectivity index (χ1n) is 8.36. The van der Waals surface area contributed by atoms with Gasteiger partial charge in [-0.15, -0.1) is 10.2 Å². The van der Waals surface area contributed by atoms with E-state index in [9.17, 15) is 0 Å². The number of anilines is 2. The Balaban J connectivity index is 1.44. The van der Waals surface area contributed by atoms with Gasteiger partial charge in [0.25, 0.3) is 0 Å². The molecule has 0 aliphatic carbocycles. The number of benzene rings is 1. The first-order chi connectivity index (χ1) is 13.6. The van der Waals surface area contributed by atoms with Gasteiger partial charge in [-0.25, -0.2) is 0 Å². The zero-order valence-corrected chi connectivity index (χ0v) is 17.3. The van der Waals surface area contributed by atoms with E-state index in [0.29, 0.717) is 21.9 Å². The summed E-state index contributed by atoms with van der Waals surface area (Å²) in [5, 5.41) is 17.1. The Kier molecular flexibility index (Phi) is 5.56. The molecule has 4 aromatic rings. The number of aromatic nitrogens is 5. The van der Waals surface area contributed by atoms with Gasteiger partial charge in [0.1, 0.15) is 0 Å². The van der Waals surface area contributed by atoms with Crippen LogP contribution in [0.15, 0.2) is 51.6 Å². The average Bonchev–Trinajstić information content (AvgIpc) is 3.36. The van der Waals surface area contributed by atoms with Crippen molar-refractivity contribution in [2.75, 3.05) is 5.32 Å². The van der Waals surface area contributed by atoms with Crippen LogP contribution in [0.5, 0.6) is 0 Å². The molecule has 1 aromatic carbocycles. The minimum atomic E-state index is -0.0585. The molecule has 10 heteroatoms. The summed E-state index contributed by atoms with van der Waals surface area (Å²) in [6, 6.07) is 9.39. The molecule has 142 valence electrons. The van der Waals surface area contributed by atoms with E-state index < -0.39 is 0 Å². The minimum absolute atomic E-state index is 0.0585. The largest absolute Gasteiger partial charge is 0.338 e. The summed E-state index contributed by atoms with van der Waals surface area (Å²) in [4.78, 5) is 8.47. The number of hydrogen-bond donors (Lipinski definition) is 1. The molecule has 4 rings (SSSR count). The molecular weight excluding hydrogens is 416 g/mol. The van der Waals surface area contributed by atoms with Crippen LogP contribution in [0.3, 0.4) is 0 Å². The second-order valence-electron chi connectivity index (χ2n) is 5.86. The average molecular weight is 431 g/mol. The maximum absolute atomic E-state index is 6.16.